The lowest BCUT2D eigenvalue weighted by atomic mass is 10.0. The van der Waals surface area contributed by atoms with Crippen LogP contribution in [0.1, 0.15) is 115 Å². The molecule has 0 N–H and O–H groups in total. The van der Waals surface area contributed by atoms with Crippen molar-refractivity contribution in [2.24, 2.45) is 0 Å². The van der Waals surface area contributed by atoms with Gasteiger partial charge in [0.2, 0.25) is 0 Å². The van der Waals surface area contributed by atoms with Gasteiger partial charge in [-0.05, 0) is 25.7 Å². The SMILES string of the molecule is CCCCCCCCCCCCCCCC[N+](C)(CCCCS(=O)(=O)[O-])Cc1ccccc1. The molecule has 0 saturated carbocycles. The largest absolute Gasteiger partial charge is 0.748 e. The van der Waals surface area contributed by atoms with E-state index in [0.29, 0.717) is 6.42 Å². The first-order valence-corrected chi connectivity index (χ1v) is 15.2. The third-order valence-electron chi connectivity index (χ3n) is 6.80. The minimum absolute atomic E-state index is 0.239. The van der Waals surface area contributed by atoms with E-state index in [2.05, 4.69) is 38.2 Å². The van der Waals surface area contributed by atoms with E-state index in [1.165, 1.54) is 95.5 Å². The molecule has 33 heavy (non-hydrogen) atoms. The molecule has 5 heteroatoms. The van der Waals surface area contributed by atoms with Crippen LogP contribution in [-0.2, 0) is 16.7 Å². The lowest BCUT2D eigenvalue weighted by Gasteiger charge is -2.35. The fourth-order valence-corrected chi connectivity index (χ4v) is 5.31. The van der Waals surface area contributed by atoms with Gasteiger partial charge < -0.3 is 9.04 Å². The van der Waals surface area contributed by atoms with E-state index < -0.39 is 10.1 Å². The Morgan fingerprint density at radius 1 is 0.667 bits per heavy atom. The highest BCUT2D eigenvalue weighted by atomic mass is 32.2. The summed E-state index contributed by atoms with van der Waals surface area (Å²) in [6, 6.07) is 10.5. The first-order chi connectivity index (χ1) is 15.8. The lowest BCUT2D eigenvalue weighted by molar-refractivity contribution is -0.923. The van der Waals surface area contributed by atoms with Crippen LogP contribution in [0.3, 0.4) is 0 Å². The third kappa shape index (κ3) is 18.1. The number of unbranched alkanes of at least 4 members (excludes halogenated alkanes) is 14. The van der Waals surface area contributed by atoms with Crippen LogP contribution in [0, 0.1) is 0 Å². The van der Waals surface area contributed by atoms with E-state index in [-0.39, 0.29) is 5.75 Å². The quantitative estimate of drug-likeness (QED) is 0.0982. The third-order valence-corrected chi connectivity index (χ3v) is 7.59. The van der Waals surface area contributed by atoms with E-state index in [1.54, 1.807) is 0 Å². The summed E-state index contributed by atoms with van der Waals surface area (Å²) in [5, 5.41) is 0. The zero-order valence-corrected chi connectivity index (χ0v) is 22.4. The number of rotatable bonds is 22. The summed E-state index contributed by atoms with van der Waals surface area (Å²) >= 11 is 0. The van der Waals surface area contributed by atoms with Gasteiger partial charge in [-0.1, -0.05) is 114 Å². The molecule has 1 atom stereocenters. The van der Waals surface area contributed by atoms with E-state index in [0.717, 1.165) is 30.5 Å². The van der Waals surface area contributed by atoms with Gasteiger partial charge in [0.05, 0.1) is 30.3 Å². The first-order valence-electron chi connectivity index (χ1n) is 13.7. The molecular weight excluding hydrogens is 430 g/mol. The van der Waals surface area contributed by atoms with Crippen LogP contribution in [0.4, 0.5) is 0 Å². The van der Waals surface area contributed by atoms with Gasteiger partial charge in [0.15, 0.2) is 0 Å². The van der Waals surface area contributed by atoms with Crippen LogP contribution in [-0.4, -0.2) is 43.3 Å². The summed E-state index contributed by atoms with van der Waals surface area (Å²) < 4.78 is 33.6. The Morgan fingerprint density at radius 2 is 1.09 bits per heavy atom. The maximum Gasteiger partial charge on any atom is 0.104 e. The fraction of sp³-hybridized carbons (Fsp3) is 0.786. The average Bonchev–Trinajstić information content (AvgIpc) is 2.77. The van der Waals surface area contributed by atoms with Gasteiger partial charge in [0.25, 0.3) is 0 Å². The molecule has 0 aliphatic rings. The smallest absolute Gasteiger partial charge is 0.104 e. The molecule has 0 saturated heterocycles. The highest BCUT2D eigenvalue weighted by molar-refractivity contribution is 7.85. The van der Waals surface area contributed by atoms with Crippen molar-refractivity contribution < 1.29 is 17.5 Å². The van der Waals surface area contributed by atoms with E-state index in [4.69, 9.17) is 0 Å². The van der Waals surface area contributed by atoms with E-state index in [9.17, 15) is 13.0 Å². The van der Waals surface area contributed by atoms with E-state index >= 15 is 0 Å². The molecule has 1 rings (SSSR count). The predicted octanol–water partition coefficient (Wildman–Crippen LogP) is 7.44. The van der Waals surface area contributed by atoms with Crippen molar-refractivity contribution in [3.63, 3.8) is 0 Å². The zero-order valence-electron chi connectivity index (χ0n) is 21.6. The van der Waals surface area contributed by atoms with Crippen LogP contribution in [0.2, 0.25) is 0 Å². The van der Waals surface area contributed by atoms with Gasteiger partial charge in [0.1, 0.15) is 6.54 Å². The molecule has 4 nitrogen and oxygen atoms in total. The molecule has 0 aromatic heterocycles. The highest BCUT2D eigenvalue weighted by Crippen LogP contribution is 2.18. The van der Waals surface area contributed by atoms with Crippen molar-refractivity contribution in [3.05, 3.63) is 35.9 Å². The standard InChI is InChI=1S/C28H51NO3S/c1-3-4-5-6-7-8-9-10-11-12-13-14-15-19-24-29(2,25-20-21-26-33(30,31)32)27-28-22-17-16-18-23-28/h16-18,22-23H,3-15,19-21,24-27H2,1-2H3. The van der Waals surface area contributed by atoms with Crippen LogP contribution >= 0.6 is 0 Å². The van der Waals surface area contributed by atoms with Crippen molar-refractivity contribution >= 4 is 10.1 Å². The van der Waals surface area contributed by atoms with Gasteiger partial charge in [0, 0.05) is 11.3 Å². The predicted molar refractivity (Wildman–Crippen MR) is 140 cm³/mol. The number of hydrogen-bond donors (Lipinski definition) is 0. The van der Waals surface area contributed by atoms with Crippen molar-refractivity contribution in [2.75, 3.05) is 25.9 Å². The van der Waals surface area contributed by atoms with Crippen molar-refractivity contribution in [2.45, 2.75) is 116 Å². The molecule has 1 unspecified atom stereocenters. The molecule has 0 amide bonds. The molecule has 0 fully saturated rings. The summed E-state index contributed by atoms with van der Waals surface area (Å²) in [5.41, 5.74) is 1.32. The number of benzene rings is 1. The summed E-state index contributed by atoms with van der Waals surface area (Å²) in [7, 11) is -1.82. The van der Waals surface area contributed by atoms with Gasteiger partial charge >= 0.3 is 0 Å². The molecule has 192 valence electrons. The lowest BCUT2D eigenvalue weighted by Crippen LogP contribution is -2.44. The summed E-state index contributed by atoms with van der Waals surface area (Å²) in [6.07, 6.45) is 20.4. The molecule has 1 aromatic rings. The Balaban J connectivity index is 2.19. The fourth-order valence-electron chi connectivity index (χ4n) is 4.75. The number of quaternary nitrogens is 1. The van der Waals surface area contributed by atoms with Crippen molar-refractivity contribution in [1.29, 1.82) is 0 Å². The maximum absolute atomic E-state index is 10.9. The second-order valence-corrected chi connectivity index (χ2v) is 11.8. The first kappa shape index (κ1) is 30.1. The molecule has 0 spiro atoms. The Kier molecular flexibility index (Phi) is 16.8. The normalized spacial score (nSPS) is 13.8. The Hall–Kier alpha value is -0.910. The summed E-state index contributed by atoms with van der Waals surface area (Å²) in [5.74, 6) is -0.239. The van der Waals surface area contributed by atoms with Crippen LogP contribution < -0.4 is 0 Å². The summed E-state index contributed by atoms with van der Waals surface area (Å²) in [4.78, 5) is 0. The van der Waals surface area contributed by atoms with Crippen molar-refractivity contribution in [1.82, 2.24) is 0 Å². The van der Waals surface area contributed by atoms with Crippen molar-refractivity contribution in [3.8, 4) is 0 Å². The highest BCUT2D eigenvalue weighted by Gasteiger charge is 2.21. The second-order valence-electron chi connectivity index (χ2n) is 10.3. The number of hydrogen-bond acceptors (Lipinski definition) is 3. The van der Waals surface area contributed by atoms with Crippen LogP contribution in [0.25, 0.3) is 0 Å². The molecule has 0 bridgehead atoms. The molecule has 0 aliphatic heterocycles. The molecule has 0 heterocycles. The summed E-state index contributed by atoms with van der Waals surface area (Å²) in [6.45, 7) is 5.26. The molecule has 0 aliphatic carbocycles. The minimum Gasteiger partial charge on any atom is -0.748 e. The Labute approximate surface area is 205 Å². The number of nitrogens with zero attached hydrogens (tertiary/aromatic N) is 1. The zero-order chi connectivity index (χ0) is 24.3. The minimum atomic E-state index is -4.10. The average molecular weight is 482 g/mol. The van der Waals surface area contributed by atoms with Gasteiger partial charge in [-0.25, -0.2) is 8.42 Å². The Morgan fingerprint density at radius 3 is 1.55 bits per heavy atom. The molecule has 1 aromatic carbocycles. The van der Waals surface area contributed by atoms with Crippen LogP contribution in [0.15, 0.2) is 30.3 Å². The van der Waals surface area contributed by atoms with Gasteiger partial charge in [-0.15, -0.1) is 0 Å². The molecule has 0 radical (unpaired) electrons. The maximum atomic E-state index is 10.9. The van der Waals surface area contributed by atoms with Crippen LogP contribution in [0.5, 0.6) is 0 Å². The second kappa shape index (κ2) is 18.4. The van der Waals surface area contributed by atoms with Gasteiger partial charge in [-0.3, -0.25) is 0 Å². The Bertz CT molecular complexity index is 678. The van der Waals surface area contributed by atoms with Gasteiger partial charge in [-0.2, -0.15) is 0 Å². The monoisotopic (exact) mass is 481 g/mol. The molecular formula is C28H51NO3S. The topological polar surface area (TPSA) is 57.2 Å². The van der Waals surface area contributed by atoms with E-state index in [1.807, 2.05) is 6.07 Å².